The summed E-state index contributed by atoms with van der Waals surface area (Å²) in [6.45, 7) is 14.3. The van der Waals surface area contributed by atoms with Gasteiger partial charge >= 0.3 is 0 Å². The first-order valence-electron chi connectivity index (χ1n) is 11.5. The Morgan fingerprint density at radius 2 is 1.69 bits per heavy atom. The topological polar surface area (TPSA) is 58.6 Å². The molecule has 0 heterocycles. The molecule has 2 amide bonds. The summed E-state index contributed by atoms with van der Waals surface area (Å²) in [5.74, 6) is 0.396. The first-order chi connectivity index (χ1) is 15.2. The zero-order valence-corrected chi connectivity index (χ0v) is 20.6. The van der Waals surface area contributed by atoms with Gasteiger partial charge < -0.3 is 15.0 Å². The first kappa shape index (κ1) is 25.4. The highest BCUT2D eigenvalue weighted by atomic mass is 16.5. The molecule has 2 aromatic carbocycles. The average molecular weight is 439 g/mol. The normalized spacial score (nSPS) is 12.7. The molecule has 174 valence electrons. The number of nitrogens with one attached hydrogen (secondary N) is 1. The maximum Gasteiger partial charge on any atom is 0.261 e. The molecule has 2 atom stereocenters. The van der Waals surface area contributed by atoms with Crippen LogP contribution in [0.2, 0.25) is 0 Å². The molecule has 2 aromatic rings. The molecule has 0 aliphatic rings. The van der Waals surface area contributed by atoms with Gasteiger partial charge in [-0.3, -0.25) is 9.59 Å². The van der Waals surface area contributed by atoms with E-state index >= 15 is 0 Å². The lowest BCUT2D eigenvalue weighted by molar-refractivity contribution is -0.143. The molecular weight excluding hydrogens is 400 g/mol. The average Bonchev–Trinajstić information content (AvgIpc) is 2.75. The van der Waals surface area contributed by atoms with Crippen LogP contribution in [0, 0.1) is 27.7 Å². The first-order valence-corrected chi connectivity index (χ1v) is 11.5. The molecule has 0 aliphatic heterocycles. The molecule has 0 bridgehead atoms. The number of aryl methyl sites for hydroxylation is 3. The van der Waals surface area contributed by atoms with Crippen molar-refractivity contribution >= 4 is 11.8 Å². The van der Waals surface area contributed by atoms with Crippen LogP contribution in [0.1, 0.15) is 61.4 Å². The lowest BCUT2D eigenvalue weighted by Crippen LogP contribution is -2.51. The fraction of sp³-hybridized carbons (Fsp3) is 0.481. The van der Waals surface area contributed by atoms with Crippen molar-refractivity contribution in [2.45, 2.75) is 79.9 Å². The van der Waals surface area contributed by atoms with E-state index in [0.717, 1.165) is 34.2 Å². The van der Waals surface area contributed by atoms with E-state index in [-0.39, 0.29) is 24.5 Å². The predicted octanol–water partition coefficient (Wildman–Crippen LogP) is 5.02. The van der Waals surface area contributed by atoms with Gasteiger partial charge in [-0.15, -0.1) is 0 Å². The molecule has 32 heavy (non-hydrogen) atoms. The zero-order valence-electron chi connectivity index (χ0n) is 20.6. The Bertz CT molecular complexity index is 938. The van der Waals surface area contributed by atoms with Crippen molar-refractivity contribution < 1.29 is 14.3 Å². The minimum absolute atomic E-state index is 0.0566. The maximum atomic E-state index is 13.4. The highest BCUT2D eigenvalue weighted by Gasteiger charge is 2.30. The molecule has 0 aromatic heterocycles. The van der Waals surface area contributed by atoms with Crippen LogP contribution in [0.5, 0.6) is 5.75 Å². The standard InChI is InChI=1S/C27H38N2O3/c1-8-21(6)28-27(31)24(9-2)29(16-23-13-11-10-12-19(23)4)26(30)17-32-25-15-18(3)14-20(5)22(25)7/h10-15,21,24H,8-9,16-17H2,1-7H3,(H,28,31)/t21-,24+/m0/s1. The van der Waals surface area contributed by atoms with Crippen LogP contribution in [0.4, 0.5) is 0 Å². The molecule has 0 spiro atoms. The van der Waals surface area contributed by atoms with Gasteiger partial charge in [-0.25, -0.2) is 0 Å². The van der Waals surface area contributed by atoms with E-state index in [1.165, 1.54) is 0 Å². The number of hydrogen-bond donors (Lipinski definition) is 1. The van der Waals surface area contributed by atoms with E-state index in [4.69, 9.17) is 4.74 Å². The highest BCUT2D eigenvalue weighted by Crippen LogP contribution is 2.24. The van der Waals surface area contributed by atoms with Crippen LogP contribution in [0.25, 0.3) is 0 Å². The number of benzene rings is 2. The molecule has 5 heteroatoms. The Morgan fingerprint density at radius 1 is 1.00 bits per heavy atom. The monoisotopic (exact) mass is 438 g/mol. The Balaban J connectivity index is 2.29. The molecule has 0 radical (unpaired) electrons. The summed E-state index contributed by atoms with van der Waals surface area (Å²) in [6.07, 6.45) is 1.37. The Hall–Kier alpha value is -2.82. The van der Waals surface area contributed by atoms with E-state index in [2.05, 4.69) is 11.4 Å². The Labute approximate surface area is 193 Å². The van der Waals surface area contributed by atoms with Crippen molar-refractivity contribution in [1.82, 2.24) is 10.2 Å². The second kappa shape index (κ2) is 11.7. The smallest absolute Gasteiger partial charge is 0.261 e. The van der Waals surface area contributed by atoms with Gasteiger partial charge in [-0.05, 0) is 81.3 Å². The van der Waals surface area contributed by atoms with Crippen molar-refractivity contribution in [3.63, 3.8) is 0 Å². The van der Waals surface area contributed by atoms with Crippen LogP contribution < -0.4 is 10.1 Å². The Morgan fingerprint density at radius 3 is 2.31 bits per heavy atom. The van der Waals surface area contributed by atoms with E-state index in [0.29, 0.717) is 18.7 Å². The SMILES string of the molecule is CC[C@H](C(=O)N[C@@H](C)CC)N(Cc1ccccc1C)C(=O)COc1cc(C)cc(C)c1C. The fourth-order valence-electron chi connectivity index (χ4n) is 3.70. The number of carbonyl (C=O) groups is 2. The summed E-state index contributed by atoms with van der Waals surface area (Å²) in [7, 11) is 0. The number of amides is 2. The van der Waals surface area contributed by atoms with E-state index in [9.17, 15) is 9.59 Å². The van der Waals surface area contributed by atoms with Gasteiger partial charge in [0.05, 0.1) is 0 Å². The number of carbonyl (C=O) groups excluding carboxylic acids is 2. The summed E-state index contributed by atoms with van der Waals surface area (Å²) >= 11 is 0. The largest absolute Gasteiger partial charge is 0.483 e. The van der Waals surface area contributed by atoms with Gasteiger partial charge in [-0.1, -0.05) is 44.2 Å². The summed E-state index contributed by atoms with van der Waals surface area (Å²) in [4.78, 5) is 28.1. The predicted molar refractivity (Wildman–Crippen MR) is 130 cm³/mol. The van der Waals surface area contributed by atoms with Crippen molar-refractivity contribution in [3.8, 4) is 5.75 Å². The molecule has 0 aliphatic carbocycles. The number of ether oxygens (including phenoxy) is 1. The number of nitrogens with zero attached hydrogens (tertiary/aromatic N) is 1. The third-order valence-electron chi connectivity index (χ3n) is 6.10. The number of hydrogen-bond acceptors (Lipinski definition) is 3. The summed E-state index contributed by atoms with van der Waals surface area (Å²) in [5.41, 5.74) is 5.36. The lowest BCUT2D eigenvalue weighted by atomic mass is 10.1. The van der Waals surface area contributed by atoms with Gasteiger partial charge in [0.1, 0.15) is 11.8 Å². The van der Waals surface area contributed by atoms with Gasteiger partial charge in [0.15, 0.2) is 6.61 Å². The zero-order chi connectivity index (χ0) is 23.8. The summed E-state index contributed by atoms with van der Waals surface area (Å²) in [6, 6.07) is 11.5. The van der Waals surface area contributed by atoms with E-state index in [1.54, 1.807) is 4.90 Å². The second-order valence-electron chi connectivity index (χ2n) is 8.68. The van der Waals surface area contributed by atoms with Crippen molar-refractivity contribution in [2.75, 3.05) is 6.61 Å². The van der Waals surface area contributed by atoms with Gasteiger partial charge in [0.25, 0.3) is 5.91 Å². The van der Waals surface area contributed by atoms with Crippen molar-refractivity contribution in [1.29, 1.82) is 0 Å². The van der Waals surface area contributed by atoms with E-state index < -0.39 is 6.04 Å². The quantitative estimate of drug-likeness (QED) is 0.567. The third-order valence-corrected chi connectivity index (χ3v) is 6.10. The van der Waals surface area contributed by atoms with Crippen molar-refractivity contribution in [3.05, 3.63) is 64.2 Å². The van der Waals surface area contributed by atoms with Crippen LogP contribution in [0.15, 0.2) is 36.4 Å². The molecule has 1 N–H and O–H groups in total. The molecule has 5 nitrogen and oxygen atoms in total. The Kier molecular flexibility index (Phi) is 9.30. The molecular formula is C27H38N2O3. The van der Waals surface area contributed by atoms with Gasteiger partial charge in [0.2, 0.25) is 5.91 Å². The van der Waals surface area contributed by atoms with Crippen LogP contribution in [0.3, 0.4) is 0 Å². The summed E-state index contributed by atoms with van der Waals surface area (Å²) in [5, 5.41) is 3.04. The van der Waals surface area contributed by atoms with Gasteiger partial charge in [-0.2, -0.15) is 0 Å². The number of rotatable bonds is 10. The van der Waals surface area contributed by atoms with Crippen LogP contribution in [-0.2, 0) is 16.1 Å². The van der Waals surface area contributed by atoms with Crippen molar-refractivity contribution in [2.24, 2.45) is 0 Å². The molecule has 0 saturated carbocycles. The van der Waals surface area contributed by atoms with Crippen LogP contribution in [-0.4, -0.2) is 35.4 Å². The highest BCUT2D eigenvalue weighted by molar-refractivity contribution is 5.88. The summed E-state index contributed by atoms with van der Waals surface area (Å²) < 4.78 is 5.96. The maximum absolute atomic E-state index is 13.4. The lowest BCUT2D eigenvalue weighted by Gasteiger charge is -2.32. The minimum Gasteiger partial charge on any atom is -0.483 e. The molecule has 2 rings (SSSR count). The van der Waals surface area contributed by atoms with E-state index in [1.807, 2.05) is 78.8 Å². The van der Waals surface area contributed by atoms with Gasteiger partial charge in [0, 0.05) is 12.6 Å². The molecule has 0 saturated heterocycles. The molecule has 0 fully saturated rings. The van der Waals surface area contributed by atoms with Crippen LogP contribution >= 0.6 is 0 Å². The third kappa shape index (κ3) is 6.59. The minimum atomic E-state index is -0.556. The fourth-order valence-corrected chi connectivity index (χ4v) is 3.70. The second-order valence-corrected chi connectivity index (χ2v) is 8.68. The molecule has 0 unspecified atom stereocenters.